The van der Waals surface area contributed by atoms with Gasteiger partial charge >= 0.3 is 0 Å². The van der Waals surface area contributed by atoms with Gasteiger partial charge < -0.3 is 5.73 Å². The number of nitrogens with two attached hydrogens (primary N) is 1. The first-order chi connectivity index (χ1) is 8.06. The van der Waals surface area contributed by atoms with Gasteiger partial charge in [0, 0.05) is 0 Å². The summed E-state index contributed by atoms with van der Waals surface area (Å²) >= 11 is 6.71. The van der Waals surface area contributed by atoms with Gasteiger partial charge in [0.1, 0.15) is 16.7 Å². The number of hydrogen-bond donors (Lipinski definition) is 1. The van der Waals surface area contributed by atoms with Crippen LogP contribution in [0.2, 0.25) is 5.02 Å². The predicted octanol–water partition coefficient (Wildman–Crippen LogP) is 3.14. The Kier molecular flexibility index (Phi) is 3.44. The third-order valence-electron chi connectivity index (χ3n) is 1.83. The monoisotopic (exact) mass is 273 g/mol. The molecule has 0 amide bonds. The van der Waals surface area contributed by atoms with Crippen LogP contribution in [-0.4, -0.2) is 9.97 Å². The third kappa shape index (κ3) is 2.83. The van der Waals surface area contributed by atoms with Crippen molar-refractivity contribution in [1.29, 1.82) is 0 Å². The molecule has 0 spiro atoms. The topological polar surface area (TPSA) is 51.8 Å². The lowest BCUT2D eigenvalue weighted by molar-refractivity contribution is 0.577. The molecule has 0 aliphatic rings. The van der Waals surface area contributed by atoms with Crippen LogP contribution in [0.5, 0.6) is 0 Å². The summed E-state index contributed by atoms with van der Waals surface area (Å²) in [5.74, 6) is -1.06. The van der Waals surface area contributed by atoms with Gasteiger partial charge in [-0.3, -0.25) is 0 Å². The molecule has 1 heterocycles. The van der Waals surface area contributed by atoms with E-state index in [9.17, 15) is 8.78 Å². The lowest BCUT2D eigenvalue weighted by Gasteiger charge is -2.04. The maximum atomic E-state index is 13.4. The van der Waals surface area contributed by atoms with Crippen molar-refractivity contribution >= 4 is 29.3 Å². The molecule has 3 nitrogen and oxygen atoms in total. The van der Waals surface area contributed by atoms with Crippen LogP contribution >= 0.6 is 23.4 Å². The lowest BCUT2D eigenvalue weighted by Crippen LogP contribution is -1.96. The Hall–Kier alpha value is -1.40. The fourth-order valence-electron chi connectivity index (χ4n) is 1.10. The number of benzene rings is 1. The summed E-state index contributed by atoms with van der Waals surface area (Å²) in [6.07, 6.45) is 1.31. The summed E-state index contributed by atoms with van der Waals surface area (Å²) in [5.41, 5.74) is 5.39. The molecule has 2 aromatic rings. The molecule has 0 saturated carbocycles. The van der Waals surface area contributed by atoms with E-state index in [-0.39, 0.29) is 20.9 Å². The molecule has 0 radical (unpaired) electrons. The van der Waals surface area contributed by atoms with E-state index in [0.717, 1.165) is 30.0 Å². The minimum Gasteiger partial charge on any atom is -0.368 e. The highest BCUT2D eigenvalue weighted by Gasteiger charge is 2.10. The van der Waals surface area contributed by atoms with Gasteiger partial charge in [-0.05, 0) is 18.2 Å². The molecule has 1 aromatic carbocycles. The van der Waals surface area contributed by atoms with Gasteiger partial charge in [-0.15, -0.1) is 0 Å². The van der Waals surface area contributed by atoms with Crippen LogP contribution < -0.4 is 5.73 Å². The fourth-order valence-corrected chi connectivity index (χ4v) is 2.14. The Bertz CT molecular complexity index is 516. The maximum absolute atomic E-state index is 13.4. The van der Waals surface area contributed by atoms with Crippen molar-refractivity contribution in [2.45, 2.75) is 9.92 Å². The second-order valence-electron chi connectivity index (χ2n) is 3.06. The van der Waals surface area contributed by atoms with E-state index < -0.39 is 11.6 Å². The zero-order valence-corrected chi connectivity index (χ0v) is 9.90. The van der Waals surface area contributed by atoms with Crippen LogP contribution in [0.1, 0.15) is 0 Å². The molecular weight excluding hydrogens is 268 g/mol. The predicted molar refractivity (Wildman–Crippen MR) is 61.9 cm³/mol. The summed E-state index contributed by atoms with van der Waals surface area (Å²) < 4.78 is 26.3. The van der Waals surface area contributed by atoms with Crippen molar-refractivity contribution in [2.75, 3.05) is 5.73 Å². The first-order valence-corrected chi connectivity index (χ1v) is 5.66. The largest absolute Gasteiger partial charge is 0.368 e. The van der Waals surface area contributed by atoms with Crippen LogP contribution in [0.25, 0.3) is 0 Å². The number of anilines is 1. The van der Waals surface area contributed by atoms with E-state index in [0.29, 0.717) is 0 Å². The summed E-state index contributed by atoms with van der Waals surface area (Å²) in [6, 6.07) is 3.14. The minimum atomic E-state index is -0.551. The Balaban J connectivity index is 2.37. The average molecular weight is 274 g/mol. The smallest absolute Gasteiger partial charge is 0.221 e. The van der Waals surface area contributed by atoms with E-state index >= 15 is 0 Å². The quantitative estimate of drug-likeness (QED) is 0.854. The second-order valence-corrected chi connectivity index (χ2v) is 4.50. The summed E-state index contributed by atoms with van der Waals surface area (Å²) in [4.78, 5) is 7.61. The minimum absolute atomic E-state index is 0.0220. The van der Waals surface area contributed by atoms with E-state index in [1.54, 1.807) is 0 Å². The molecule has 0 bridgehead atoms. The molecule has 1 aromatic heterocycles. The van der Waals surface area contributed by atoms with Crippen LogP contribution in [0.15, 0.2) is 34.3 Å². The second kappa shape index (κ2) is 4.85. The normalized spacial score (nSPS) is 10.5. The van der Waals surface area contributed by atoms with Crippen molar-refractivity contribution in [1.82, 2.24) is 9.97 Å². The molecule has 0 unspecified atom stereocenters. The van der Waals surface area contributed by atoms with Gasteiger partial charge in [0.25, 0.3) is 0 Å². The molecule has 0 atom stereocenters. The standard InChI is InChI=1S/C10H6ClF2N3S/c11-6-4-15-10(14)16-9(6)17-8-3-5(12)1-2-7(8)13/h1-4H,(H2,14,15,16). The summed E-state index contributed by atoms with van der Waals surface area (Å²) in [5, 5.41) is 0.511. The van der Waals surface area contributed by atoms with Crippen molar-refractivity contribution in [3.05, 3.63) is 41.1 Å². The van der Waals surface area contributed by atoms with Gasteiger partial charge in [0.2, 0.25) is 5.95 Å². The molecule has 0 saturated heterocycles. The van der Waals surface area contributed by atoms with Gasteiger partial charge in [0.05, 0.1) is 16.1 Å². The molecule has 0 aliphatic heterocycles. The highest BCUT2D eigenvalue weighted by Crippen LogP contribution is 2.33. The van der Waals surface area contributed by atoms with E-state index in [2.05, 4.69) is 9.97 Å². The highest BCUT2D eigenvalue weighted by atomic mass is 35.5. The Morgan fingerprint density at radius 1 is 1.29 bits per heavy atom. The van der Waals surface area contributed by atoms with Crippen LogP contribution in [0, 0.1) is 11.6 Å². The van der Waals surface area contributed by atoms with Gasteiger partial charge in [-0.1, -0.05) is 23.4 Å². The number of nitrogens with zero attached hydrogens (tertiary/aromatic N) is 2. The number of rotatable bonds is 2. The summed E-state index contributed by atoms with van der Waals surface area (Å²) in [6.45, 7) is 0. The van der Waals surface area contributed by atoms with Crippen molar-refractivity contribution in [3.8, 4) is 0 Å². The van der Waals surface area contributed by atoms with Gasteiger partial charge in [0.15, 0.2) is 0 Å². The van der Waals surface area contributed by atoms with E-state index in [4.69, 9.17) is 17.3 Å². The SMILES string of the molecule is Nc1ncc(Cl)c(Sc2cc(F)ccc2F)n1. The molecular formula is C10H6ClF2N3S. The average Bonchev–Trinajstić information content (AvgIpc) is 2.28. The van der Waals surface area contributed by atoms with Crippen LogP contribution in [-0.2, 0) is 0 Å². The van der Waals surface area contributed by atoms with Crippen LogP contribution in [0.4, 0.5) is 14.7 Å². The first-order valence-electron chi connectivity index (χ1n) is 4.47. The zero-order chi connectivity index (χ0) is 12.4. The molecule has 0 fully saturated rings. The number of nitrogen functional groups attached to an aromatic ring is 1. The van der Waals surface area contributed by atoms with Crippen molar-refractivity contribution in [3.63, 3.8) is 0 Å². The van der Waals surface area contributed by atoms with Crippen molar-refractivity contribution < 1.29 is 8.78 Å². The molecule has 2 N–H and O–H groups in total. The Labute approximate surface area is 105 Å². The molecule has 7 heteroatoms. The third-order valence-corrected chi connectivity index (χ3v) is 3.26. The Morgan fingerprint density at radius 3 is 2.82 bits per heavy atom. The number of hydrogen-bond acceptors (Lipinski definition) is 4. The number of aromatic nitrogens is 2. The highest BCUT2D eigenvalue weighted by molar-refractivity contribution is 7.99. The fraction of sp³-hybridized carbons (Fsp3) is 0. The molecule has 88 valence electrons. The van der Waals surface area contributed by atoms with Crippen LogP contribution in [0.3, 0.4) is 0 Å². The zero-order valence-electron chi connectivity index (χ0n) is 8.32. The van der Waals surface area contributed by atoms with Crippen molar-refractivity contribution in [2.24, 2.45) is 0 Å². The summed E-state index contributed by atoms with van der Waals surface area (Å²) in [7, 11) is 0. The Morgan fingerprint density at radius 2 is 2.06 bits per heavy atom. The van der Waals surface area contributed by atoms with E-state index in [1.807, 2.05) is 0 Å². The number of halogens is 3. The molecule has 0 aliphatic carbocycles. The van der Waals surface area contributed by atoms with E-state index in [1.165, 1.54) is 6.20 Å². The van der Waals surface area contributed by atoms with Gasteiger partial charge in [-0.2, -0.15) is 0 Å². The maximum Gasteiger partial charge on any atom is 0.221 e. The lowest BCUT2D eigenvalue weighted by atomic mass is 10.3. The molecule has 2 rings (SSSR count). The molecule has 17 heavy (non-hydrogen) atoms. The van der Waals surface area contributed by atoms with Gasteiger partial charge in [-0.25, -0.2) is 18.7 Å². The first kappa shape index (κ1) is 12.1.